The van der Waals surface area contributed by atoms with Gasteiger partial charge in [0.1, 0.15) is 22.5 Å². The van der Waals surface area contributed by atoms with E-state index in [4.69, 9.17) is 16.3 Å². The van der Waals surface area contributed by atoms with Crippen molar-refractivity contribution >= 4 is 23.1 Å². The van der Waals surface area contributed by atoms with Gasteiger partial charge in [-0.05, 0) is 19.1 Å². The molecule has 0 aliphatic rings. The Kier molecular flexibility index (Phi) is 3.67. The smallest absolute Gasteiger partial charge is 0.137 e. The zero-order valence-electron chi connectivity index (χ0n) is 10.5. The lowest BCUT2D eigenvalue weighted by molar-refractivity contribution is 0.415. The van der Waals surface area contributed by atoms with Crippen LogP contribution in [0.15, 0.2) is 30.3 Å². The molecule has 0 saturated carbocycles. The molecule has 0 unspecified atom stereocenters. The molecular weight excluding hydrogens is 250 g/mol. The molecule has 1 aromatic carbocycles. The van der Waals surface area contributed by atoms with Crippen LogP contribution in [-0.2, 0) is 0 Å². The minimum absolute atomic E-state index is 0.437. The van der Waals surface area contributed by atoms with Gasteiger partial charge < -0.3 is 9.64 Å². The van der Waals surface area contributed by atoms with Crippen molar-refractivity contribution in [3.8, 4) is 5.75 Å². The van der Waals surface area contributed by atoms with Crippen molar-refractivity contribution in [3.05, 3.63) is 41.3 Å². The minimum Gasteiger partial charge on any atom is -0.497 e. The first kappa shape index (κ1) is 12.6. The molecule has 0 fully saturated rings. The molecule has 0 aliphatic carbocycles. The molecule has 0 aliphatic heterocycles. The Morgan fingerprint density at radius 2 is 2.00 bits per heavy atom. The molecule has 2 rings (SSSR count). The molecule has 2 aromatic rings. The summed E-state index contributed by atoms with van der Waals surface area (Å²) in [5, 5.41) is 0.437. The molecule has 5 heteroatoms. The van der Waals surface area contributed by atoms with E-state index in [0.29, 0.717) is 11.0 Å². The van der Waals surface area contributed by atoms with Gasteiger partial charge in [0.05, 0.1) is 7.11 Å². The third-order valence-electron chi connectivity index (χ3n) is 2.58. The van der Waals surface area contributed by atoms with E-state index in [1.54, 1.807) is 13.2 Å². The largest absolute Gasteiger partial charge is 0.497 e. The molecular formula is C13H14ClN3O. The fourth-order valence-corrected chi connectivity index (χ4v) is 1.86. The summed E-state index contributed by atoms with van der Waals surface area (Å²) in [6.45, 7) is 1.81. The van der Waals surface area contributed by atoms with Crippen molar-refractivity contribution in [2.24, 2.45) is 0 Å². The molecule has 0 atom stereocenters. The molecule has 0 radical (unpaired) electrons. The molecule has 0 bridgehead atoms. The highest BCUT2D eigenvalue weighted by molar-refractivity contribution is 6.29. The Hall–Kier alpha value is -1.81. The number of nitrogens with zero attached hydrogens (tertiary/aromatic N) is 3. The fraction of sp³-hybridized carbons (Fsp3) is 0.231. The van der Waals surface area contributed by atoms with Crippen LogP contribution >= 0.6 is 11.6 Å². The van der Waals surface area contributed by atoms with Crippen molar-refractivity contribution < 1.29 is 4.74 Å². The van der Waals surface area contributed by atoms with E-state index in [2.05, 4.69) is 9.97 Å². The van der Waals surface area contributed by atoms with Crippen LogP contribution in [0.1, 0.15) is 5.82 Å². The summed E-state index contributed by atoms with van der Waals surface area (Å²) in [5.74, 6) is 2.20. The van der Waals surface area contributed by atoms with Gasteiger partial charge >= 0.3 is 0 Å². The summed E-state index contributed by atoms with van der Waals surface area (Å²) in [6, 6.07) is 9.48. The third kappa shape index (κ3) is 2.71. The van der Waals surface area contributed by atoms with Crippen LogP contribution in [0.2, 0.25) is 5.15 Å². The van der Waals surface area contributed by atoms with Gasteiger partial charge in [0.15, 0.2) is 0 Å². The molecule has 0 amide bonds. The lowest BCUT2D eigenvalue weighted by Gasteiger charge is -2.19. The van der Waals surface area contributed by atoms with E-state index in [-0.39, 0.29) is 0 Å². The number of aryl methyl sites for hydroxylation is 1. The molecule has 18 heavy (non-hydrogen) atoms. The molecule has 0 N–H and O–H groups in total. The Morgan fingerprint density at radius 1 is 1.22 bits per heavy atom. The van der Waals surface area contributed by atoms with E-state index in [1.165, 1.54) is 0 Å². The van der Waals surface area contributed by atoms with Crippen molar-refractivity contribution in [2.45, 2.75) is 6.92 Å². The van der Waals surface area contributed by atoms with E-state index in [0.717, 1.165) is 17.3 Å². The standard InChI is InChI=1S/C13H14ClN3O/c1-9-15-12(14)8-13(16-9)17(2)10-5-4-6-11(7-10)18-3/h4-8H,1-3H3. The number of rotatable bonds is 3. The van der Waals surface area contributed by atoms with Gasteiger partial charge in [-0.3, -0.25) is 0 Å². The van der Waals surface area contributed by atoms with E-state index < -0.39 is 0 Å². The zero-order valence-corrected chi connectivity index (χ0v) is 11.3. The number of methoxy groups -OCH3 is 1. The number of anilines is 2. The molecule has 94 valence electrons. The summed E-state index contributed by atoms with van der Waals surface area (Å²) in [6.07, 6.45) is 0. The second kappa shape index (κ2) is 5.23. The van der Waals surface area contributed by atoms with Gasteiger partial charge in [-0.15, -0.1) is 0 Å². The Balaban J connectivity index is 2.37. The SMILES string of the molecule is COc1cccc(N(C)c2cc(Cl)nc(C)n2)c1. The van der Waals surface area contributed by atoms with Gasteiger partial charge in [0, 0.05) is 24.9 Å². The van der Waals surface area contributed by atoms with Gasteiger partial charge in [-0.2, -0.15) is 0 Å². The molecule has 1 aromatic heterocycles. The molecule has 0 spiro atoms. The van der Waals surface area contributed by atoms with Crippen molar-refractivity contribution in [1.29, 1.82) is 0 Å². The number of benzene rings is 1. The first-order valence-corrected chi connectivity index (χ1v) is 5.87. The summed E-state index contributed by atoms with van der Waals surface area (Å²) in [4.78, 5) is 10.3. The second-order valence-electron chi connectivity index (χ2n) is 3.86. The monoisotopic (exact) mass is 263 g/mol. The predicted octanol–water partition coefficient (Wildman–Crippen LogP) is 3.21. The fourth-order valence-electron chi connectivity index (χ4n) is 1.64. The highest BCUT2D eigenvalue weighted by Gasteiger charge is 2.08. The van der Waals surface area contributed by atoms with Crippen LogP contribution in [0, 0.1) is 6.92 Å². The van der Waals surface area contributed by atoms with Crippen LogP contribution < -0.4 is 9.64 Å². The molecule has 1 heterocycles. The van der Waals surface area contributed by atoms with Gasteiger partial charge in [0.2, 0.25) is 0 Å². The van der Waals surface area contributed by atoms with Crippen LogP contribution in [0.25, 0.3) is 0 Å². The predicted molar refractivity (Wildman–Crippen MR) is 72.8 cm³/mol. The first-order chi connectivity index (χ1) is 8.60. The lowest BCUT2D eigenvalue weighted by Crippen LogP contribution is -2.12. The van der Waals surface area contributed by atoms with Crippen LogP contribution in [0.5, 0.6) is 5.75 Å². The second-order valence-corrected chi connectivity index (χ2v) is 4.24. The Morgan fingerprint density at radius 3 is 2.67 bits per heavy atom. The maximum absolute atomic E-state index is 5.94. The zero-order chi connectivity index (χ0) is 13.1. The maximum atomic E-state index is 5.94. The topological polar surface area (TPSA) is 38.2 Å². The number of ether oxygens (including phenoxy) is 1. The number of aromatic nitrogens is 2. The lowest BCUT2D eigenvalue weighted by atomic mass is 10.3. The Bertz CT molecular complexity index is 539. The van der Waals surface area contributed by atoms with E-state index in [1.807, 2.05) is 43.1 Å². The summed E-state index contributed by atoms with van der Waals surface area (Å²) < 4.78 is 5.20. The van der Waals surface area contributed by atoms with Crippen LogP contribution in [0.4, 0.5) is 11.5 Å². The third-order valence-corrected chi connectivity index (χ3v) is 2.77. The van der Waals surface area contributed by atoms with Gasteiger partial charge in [-0.1, -0.05) is 17.7 Å². The van der Waals surface area contributed by atoms with Crippen molar-refractivity contribution in [2.75, 3.05) is 19.1 Å². The summed E-state index contributed by atoms with van der Waals surface area (Å²) in [7, 11) is 3.57. The van der Waals surface area contributed by atoms with Gasteiger partial charge in [0.25, 0.3) is 0 Å². The minimum atomic E-state index is 0.437. The van der Waals surface area contributed by atoms with Crippen LogP contribution in [-0.4, -0.2) is 24.1 Å². The average Bonchev–Trinajstić information content (AvgIpc) is 2.37. The highest BCUT2D eigenvalue weighted by atomic mass is 35.5. The summed E-state index contributed by atoms with van der Waals surface area (Å²) >= 11 is 5.94. The number of hydrogen-bond donors (Lipinski definition) is 0. The highest BCUT2D eigenvalue weighted by Crippen LogP contribution is 2.26. The van der Waals surface area contributed by atoms with Crippen molar-refractivity contribution in [3.63, 3.8) is 0 Å². The summed E-state index contributed by atoms with van der Waals surface area (Å²) in [5.41, 5.74) is 0.975. The average molecular weight is 264 g/mol. The van der Waals surface area contributed by atoms with Gasteiger partial charge in [-0.25, -0.2) is 9.97 Å². The molecule has 4 nitrogen and oxygen atoms in total. The first-order valence-electron chi connectivity index (χ1n) is 5.49. The Labute approximate surface area is 111 Å². The van der Waals surface area contributed by atoms with Crippen LogP contribution in [0.3, 0.4) is 0 Å². The quantitative estimate of drug-likeness (QED) is 0.797. The normalized spacial score (nSPS) is 10.2. The molecule has 0 saturated heterocycles. The van der Waals surface area contributed by atoms with E-state index >= 15 is 0 Å². The van der Waals surface area contributed by atoms with Crippen molar-refractivity contribution in [1.82, 2.24) is 9.97 Å². The number of hydrogen-bond acceptors (Lipinski definition) is 4. The maximum Gasteiger partial charge on any atom is 0.137 e. The number of halogens is 1. The van der Waals surface area contributed by atoms with E-state index in [9.17, 15) is 0 Å².